The third-order valence-corrected chi connectivity index (χ3v) is 12.5. The maximum Gasteiger partial charge on any atom is 0.0737 e. The average molecular weight is 737 g/mol. The highest BCUT2D eigenvalue weighted by Gasteiger charge is 2.53. The van der Waals surface area contributed by atoms with Crippen molar-refractivity contribution in [2.24, 2.45) is 0 Å². The molecule has 0 aliphatic heterocycles. The lowest BCUT2D eigenvalue weighted by Gasteiger charge is -2.33. The van der Waals surface area contributed by atoms with Crippen molar-refractivity contribution in [1.29, 1.82) is 0 Å². The zero-order valence-electron chi connectivity index (χ0n) is 31.7. The Kier molecular flexibility index (Phi) is 7.18. The second-order valence-electron chi connectivity index (χ2n) is 15.5. The number of hydrogen-bond donors (Lipinski definition) is 0. The minimum absolute atomic E-state index is 0.459. The van der Waals surface area contributed by atoms with Crippen molar-refractivity contribution in [3.05, 3.63) is 241 Å². The summed E-state index contributed by atoms with van der Waals surface area (Å²) in [5.74, 6) is 0. The number of rotatable bonds is 5. The van der Waals surface area contributed by atoms with E-state index in [1.165, 1.54) is 82.7 Å². The van der Waals surface area contributed by atoms with E-state index < -0.39 is 5.41 Å². The largest absolute Gasteiger partial charge is 0.308 e. The Hall–Kier alpha value is -7.55. The molecule has 2 nitrogen and oxygen atoms in total. The molecule has 0 fully saturated rings. The molecule has 0 atom stereocenters. The van der Waals surface area contributed by atoms with Gasteiger partial charge in [-0.2, -0.15) is 0 Å². The highest BCUT2D eigenvalue weighted by atomic mass is 15.1. The molecule has 2 aliphatic rings. The quantitative estimate of drug-likeness (QED) is 0.175. The maximum absolute atomic E-state index is 4.52. The number of anilines is 3. The lowest BCUT2D eigenvalue weighted by molar-refractivity contribution is 0.803. The summed E-state index contributed by atoms with van der Waals surface area (Å²) in [7, 11) is 0. The normalized spacial score (nSPS) is 13.0. The van der Waals surface area contributed by atoms with Crippen LogP contribution >= 0.6 is 0 Å². The van der Waals surface area contributed by atoms with Crippen LogP contribution in [0.25, 0.3) is 66.1 Å². The monoisotopic (exact) mass is 736 g/mol. The fourth-order valence-electron chi connectivity index (χ4n) is 10.2. The molecule has 9 aromatic carbocycles. The molecule has 58 heavy (non-hydrogen) atoms. The zero-order chi connectivity index (χ0) is 38.2. The lowest BCUT2D eigenvalue weighted by atomic mass is 9.67. The summed E-state index contributed by atoms with van der Waals surface area (Å²) in [4.78, 5) is 6.84. The highest BCUT2D eigenvalue weighted by Crippen LogP contribution is 2.65. The van der Waals surface area contributed by atoms with Crippen LogP contribution in [-0.2, 0) is 5.41 Å². The Labute approximate surface area is 338 Å². The second kappa shape index (κ2) is 12.7. The summed E-state index contributed by atoms with van der Waals surface area (Å²) >= 11 is 0. The Morgan fingerprint density at radius 1 is 0.362 bits per heavy atom. The summed E-state index contributed by atoms with van der Waals surface area (Å²) in [5.41, 5.74) is 18.3. The van der Waals surface area contributed by atoms with Crippen molar-refractivity contribution >= 4 is 38.6 Å². The van der Waals surface area contributed by atoms with Gasteiger partial charge < -0.3 is 4.90 Å². The molecule has 12 rings (SSSR count). The van der Waals surface area contributed by atoms with Gasteiger partial charge in [-0.05, 0) is 113 Å². The first-order chi connectivity index (χ1) is 28.8. The van der Waals surface area contributed by atoms with Crippen LogP contribution in [0.2, 0.25) is 0 Å². The minimum atomic E-state index is -0.459. The highest BCUT2D eigenvalue weighted by molar-refractivity contribution is 6.06. The molecule has 10 aromatic rings. The average Bonchev–Trinajstić information content (AvgIpc) is 3.77. The molecule has 1 heterocycles. The van der Waals surface area contributed by atoms with E-state index in [9.17, 15) is 0 Å². The van der Waals surface area contributed by atoms with E-state index in [1.807, 2.05) is 18.5 Å². The summed E-state index contributed by atoms with van der Waals surface area (Å²) < 4.78 is 0. The van der Waals surface area contributed by atoms with Crippen molar-refractivity contribution in [3.8, 4) is 44.5 Å². The predicted octanol–water partition coefficient (Wildman–Crippen LogP) is 14.5. The van der Waals surface area contributed by atoms with Crippen molar-refractivity contribution in [2.45, 2.75) is 5.41 Å². The van der Waals surface area contributed by atoms with Gasteiger partial charge in [0.25, 0.3) is 0 Å². The molecule has 1 spiro atoms. The Morgan fingerprint density at radius 2 is 0.948 bits per heavy atom. The van der Waals surface area contributed by atoms with E-state index in [4.69, 9.17) is 0 Å². The van der Waals surface area contributed by atoms with Gasteiger partial charge in [0.15, 0.2) is 0 Å². The molecule has 0 bridgehead atoms. The summed E-state index contributed by atoms with van der Waals surface area (Å²) in [6.07, 6.45) is 3.77. The number of benzene rings is 9. The second-order valence-corrected chi connectivity index (χ2v) is 15.5. The predicted molar refractivity (Wildman–Crippen MR) is 241 cm³/mol. The van der Waals surface area contributed by atoms with E-state index >= 15 is 0 Å². The molecular weight excluding hydrogens is 701 g/mol. The van der Waals surface area contributed by atoms with Gasteiger partial charge in [-0.25, -0.2) is 0 Å². The number of fused-ring (bicyclic) bond motifs is 13. The fourth-order valence-corrected chi connectivity index (χ4v) is 10.2. The van der Waals surface area contributed by atoms with Gasteiger partial charge in [-0.3, -0.25) is 4.98 Å². The molecule has 1 aromatic heterocycles. The smallest absolute Gasteiger partial charge is 0.0737 e. The van der Waals surface area contributed by atoms with Crippen molar-refractivity contribution in [3.63, 3.8) is 0 Å². The van der Waals surface area contributed by atoms with Gasteiger partial charge >= 0.3 is 0 Å². The van der Waals surface area contributed by atoms with Crippen LogP contribution in [-0.4, -0.2) is 4.98 Å². The van der Waals surface area contributed by atoms with Crippen LogP contribution in [0.5, 0.6) is 0 Å². The molecule has 0 amide bonds. The van der Waals surface area contributed by atoms with Crippen LogP contribution < -0.4 is 4.90 Å². The molecule has 2 heteroatoms. The van der Waals surface area contributed by atoms with E-state index in [0.717, 1.165) is 22.6 Å². The van der Waals surface area contributed by atoms with Crippen molar-refractivity contribution < 1.29 is 0 Å². The molecule has 0 unspecified atom stereocenters. The minimum Gasteiger partial charge on any atom is -0.308 e. The third kappa shape index (κ3) is 4.63. The van der Waals surface area contributed by atoms with E-state index in [0.29, 0.717) is 0 Å². The first-order valence-corrected chi connectivity index (χ1v) is 20.0. The molecular formula is C56H36N2. The van der Waals surface area contributed by atoms with Gasteiger partial charge in [-0.1, -0.05) is 176 Å². The van der Waals surface area contributed by atoms with Crippen LogP contribution in [0.3, 0.4) is 0 Å². The molecule has 0 saturated heterocycles. The van der Waals surface area contributed by atoms with Gasteiger partial charge in [-0.15, -0.1) is 0 Å². The lowest BCUT2D eigenvalue weighted by Crippen LogP contribution is -2.27. The Balaban J connectivity index is 1.02. The fraction of sp³-hybridized carbons (Fsp3) is 0.0179. The topological polar surface area (TPSA) is 16.1 Å². The summed E-state index contributed by atoms with van der Waals surface area (Å²) in [6, 6.07) is 76.0. The van der Waals surface area contributed by atoms with Crippen LogP contribution in [0, 0.1) is 0 Å². The number of pyridine rings is 1. The molecule has 2 aliphatic carbocycles. The van der Waals surface area contributed by atoms with Crippen LogP contribution in [0.15, 0.2) is 219 Å². The number of hydrogen-bond acceptors (Lipinski definition) is 2. The number of aromatic nitrogens is 1. The SMILES string of the molecule is c1cncc(N(c2cccc(-c3ccc(-c4cccc5c4C4(c6ccccc6-c6ccccc64)c4c-5ccc5ccccc45)cc3)c2)c2cccc3ccccc23)c1. The van der Waals surface area contributed by atoms with Gasteiger partial charge in [0.05, 0.1) is 23.0 Å². The zero-order valence-corrected chi connectivity index (χ0v) is 31.7. The molecule has 0 radical (unpaired) electrons. The standard InChI is InChI=1S/C56H36N2/c1-3-19-44-38(13-1)15-10-27-53(44)58(43-18-12-34-57-36-43)42-17-9-16-41(35-42)37-28-30-40(31-29-37)46-23-11-24-49-50-33-32-39-14-2-4-20-45(39)55(50)56(54(46)49)51-25-7-5-21-47(51)48-22-6-8-26-52(48)56/h1-36H. The first-order valence-electron chi connectivity index (χ1n) is 20.0. The van der Waals surface area contributed by atoms with Gasteiger partial charge in [0, 0.05) is 17.3 Å². The van der Waals surface area contributed by atoms with Crippen molar-refractivity contribution in [1.82, 2.24) is 4.98 Å². The first kappa shape index (κ1) is 32.7. The summed E-state index contributed by atoms with van der Waals surface area (Å²) in [6.45, 7) is 0. The Bertz CT molecular complexity index is 3180. The third-order valence-electron chi connectivity index (χ3n) is 12.5. The maximum atomic E-state index is 4.52. The van der Waals surface area contributed by atoms with E-state index in [1.54, 1.807) is 0 Å². The van der Waals surface area contributed by atoms with Gasteiger partial charge in [0.2, 0.25) is 0 Å². The molecule has 270 valence electrons. The molecule has 0 saturated carbocycles. The van der Waals surface area contributed by atoms with E-state index in [2.05, 4.69) is 210 Å². The Morgan fingerprint density at radius 3 is 1.72 bits per heavy atom. The van der Waals surface area contributed by atoms with Gasteiger partial charge in [0.1, 0.15) is 0 Å². The van der Waals surface area contributed by atoms with Crippen LogP contribution in [0.4, 0.5) is 17.1 Å². The number of nitrogens with zero attached hydrogens (tertiary/aromatic N) is 2. The summed E-state index contributed by atoms with van der Waals surface area (Å²) in [5, 5.41) is 4.98. The van der Waals surface area contributed by atoms with E-state index in [-0.39, 0.29) is 0 Å². The van der Waals surface area contributed by atoms with Crippen molar-refractivity contribution in [2.75, 3.05) is 4.90 Å². The molecule has 0 N–H and O–H groups in total. The van der Waals surface area contributed by atoms with Crippen LogP contribution in [0.1, 0.15) is 22.3 Å².